The molecule has 6 nitrogen and oxygen atoms in total. The van der Waals surface area contributed by atoms with E-state index >= 15 is 0 Å². The number of nitrogens with zero attached hydrogens (tertiary/aromatic N) is 4. The number of carbonyl (C=O) groups is 1. The van der Waals surface area contributed by atoms with E-state index in [1.54, 1.807) is 6.20 Å². The summed E-state index contributed by atoms with van der Waals surface area (Å²) in [7, 11) is 0. The number of β-amino-alcohol motifs (C(OH)–C–C–N with tert-alkyl or cyclic N) is 1. The van der Waals surface area contributed by atoms with Crippen LogP contribution in [-0.4, -0.2) is 69.1 Å². The van der Waals surface area contributed by atoms with Crippen LogP contribution in [0.2, 0.25) is 0 Å². The minimum Gasteiger partial charge on any atom is -0.392 e. The van der Waals surface area contributed by atoms with Crippen LogP contribution in [0.25, 0.3) is 11.0 Å². The Bertz CT molecular complexity index is 743. The van der Waals surface area contributed by atoms with Gasteiger partial charge in [0.25, 0.3) is 5.91 Å². The Kier molecular flexibility index (Phi) is 4.16. The normalized spacial score (nSPS) is 23.0. The van der Waals surface area contributed by atoms with Crippen LogP contribution in [0.15, 0.2) is 30.5 Å². The van der Waals surface area contributed by atoms with E-state index in [1.807, 2.05) is 29.2 Å². The maximum absolute atomic E-state index is 12.7. The number of carbonyl (C=O) groups excluding carboxylic acids is 1. The molecule has 0 saturated carbocycles. The summed E-state index contributed by atoms with van der Waals surface area (Å²) in [5, 5.41) is 9.68. The molecule has 6 heteroatoms. The molecule has 2 aromatic rings. The molecular weight excluding hydrogens is 304 g/mol. The zero-order valence-electron chi connectivity index (χ0n) is 13.6. The topological polar surface area (TPSA) is 69.6 Å². The number of amides is 1. The van der Waals surface area contributed by atoms with Crippen LogP contribution in [0.5, 0.6) is 0 Å². The van der Waals surface area contributed by atoms with Crippen molar-refractivity contribution >= 4 is 16.9 Å². The molecule has 1 N–H and O–H groups in total. The highest BCUT2D eigenvalue weighted by Crippen LogP contribution is 2.22. The molecule has 24 heavy (non-hydrogen) atoms. The Labute approximate surface area is 141 Å². The fourth-order valence-electron chi connectivity index (χ4n) is 3.76. The molecule has 1 amide bonds. The number of aliphatic hydroxyl groups excluding tert-OH is 1. The highest BCUT2D eigenvalue weighted by molar-refractivity contribution is 5.93. The number of aliphatic hydroxyl groups is 1. The van der Waals surface area contributed by atoms with Gasteiger partial charge in [-0.3, -0.25) is 14.7 Å². The number of hydrogen-bond acceptors (Lipinski definition) is 5. The average Bonchev–Trinajstić information content (AvgIpc) is 3.07. The molecule has 1 aromatic carbocycles. The summed E-state index contributed by atoms with van der Waals surface area (Å²) in [6, 6.07) is 8.07. The minimum atomic E-state index is -0.183. The van der Waals surface area contributed by atoms with Crippen LogP contribution in [0.4, 0.5) is 0 Å². The van der Waals surface area contributed by atoms with Gasteiger partial charge < -0.3 is 10.0 Å². The predicted octanol–water partition coefficient (Wildman–Crippen LogP) is 1.30. The first kappa shape index (κ1) is 15.5. The zero-order chi connectivity index (χ0) is 16.5. The van der Waals surface area contributed by atoms with Gasteiger partial charge in [-0.15, -0.1) is 0 Å². The van der Waals surface area contributed by atoms with Gasteiger partial charge >= 0.3 is 0 Å². The van der Waals surface area contributed by atoms with Crippen LogP contribution in [-0.2, 0) is 0 Å². The highest BCUT2D eigenvalue weighted by Gasteiger charge is 2.31. The number of hydrogen-bond donors (Lipinski definition) is 1. The van der Waals surface area contributed by atoms with Gasteiger partial charge in [-0.1, -0.05) is 12.1 Å². The molecule has 2 aliphatic rings. The molecular formula is C18H22N4O2. The summed E-state index contributed by atoms with van der Waals surface area (Å²) in [5.41, 5.74) is 1.98. The Morgan fingerprint density at radius 2 is 1.83 bits per heavy atom. The second kappa shape index (κ2) is 6.45. The molecule has 0 bridgehead atoms. The maximum Gasteiger partial charge on any atom is 0.274 e. The molecule has 2 aliphatic heterocycles. The van der Waals surface area contributed by atoms with Crippen molar-refractivity contribution < 1.29 is 9.90 Å². The van der Waals surface area contributed by atoms with E-state index in [4.69, 9.17) is 0 Å². The van der Waals surface area contributed by atoms with Crippen molar-refractivity contribution in [2.24, 2.45) is 0 Å². The standard InChI is InChI=1S/C18H22N4O2/c23-14-7-10-22(12-14)13-5-8-21(9-6-13)18(24)17-11-19-15-3-1-2-4-16(15)20-17/h1-4,11,13-14,23H,5-10,12H2. The molecule has 2 saturated heterocycles. The van der Waals surface area contributed by atoms with Gasteiger partial charge in [0.05, 0.1) is 23.3 Å². The summed E-state index contributed by atoms with van der Waals surface area (Å²) >= 11 is 0. The van der Waals surface area contributed by atoms with E-state index in [0.717, 1.165) is 56.5 Å². The summed E-state index contributed by atoms with van der Waals surface area (Å²) in [6.07, 6.45) is 4.18. The van der Waals surface area contributed by atoms with Crippen molar-refractivity contribution in [3.63, 3.8) is 0 Å². The van der Waals surface area contributed by atoms with E-state index in [0.29, 0.717) is 11.7 Å². The lowest BCUT2D eigenvalue weighted by atomic mass is 10.0. The van der Waals surface area contributed by atoms with Crippen LogP contribution < -0.4 is 0 Å². The Hall–Kier alpha value is -2.05. The number of likely N-dealkylation sites (tertiary alicyclic amines) is 2. The first-order chi connectivity index (χ1) is 11.7. The smallest absolute Gasteiger partial charge is 0.274 e. The third kappa shape index (κ3) is 2.99. The first-order valence-corrected chi connectivity index (χ1v) is 8.64. The quantitative estimate of drug-likeness (QED) is 0.901. The molecule has 0 aliphatic carbocycles. The third-order valence-corrected chi connectivity index (χ3v) is 5.13. The minimum absolute atomic E-state index is 0.0341. The molecule has 1 aromatic heterocycles. The number of benzene rings is 1. The molecule has 1 unspecified atom stereocenters. The molecule has 0 spiro atoms. The summed E-state index contributed by atoms with van der Waals surface area (Å²) in [4.78, 5) is 25.7. The molecule has 3 heterocycles. The van der Waals surface area contributed by atoms with Crippen LogP contribution >= 0.6 is 0 Å². The Morgan fingerprint density at radius 3 is 2.54 bits per heavy atom. The number of fused-ring (bicyclic) bond motifs is 1. The molecule has 4 rings (SSSR count). The molecule has 2 fully saturated rings. The lowest BCUT2D eigenvalue weighted by molar-refractivity contribution is 0.0622. The maximum atomic E-state index is 12.7. The van der Waals surface area contributed by atoms with Crippen LogP contribution in [0.3, 0.4) is 0 Å². The number of rotatable bonds is 2. The predicted molar refractivity (Wildman–Crippen MR) is 90.7 cm³/mol. The van der Waals surface area contributed by atoms with Crippen molar-refractivity contribution in [2.75, 3.05) is 26.2 Å². The van der Waals surface area contributed by atoms with Crippen molar-refractivity contribution in [1.82, 2.24) is 19.8 Å². The van der Waals surface area contributed by atoms with Crippen molar-refractivity contribution in [1.29, 1.82) is 0 Å². The van der Waals surface area contributed by atoms with Crippen molar-refractivity contribution in [3.8, 4) is 0 Å². The molecule has 1 atom stereocenters. The van der Waals surface area contributed by atoms with Gasteiger partial charge in [-0.05, 0) is 31.4 Å². The van der Waals surface area contributed by atoms with Crippen LogP contribution in [0, 0.1) is 0 Å². The highest BCUT2D eigenvalue weighted by atomic mass is 16.3. The summed E-state index contributed by atoms with van der Waals surface area (Å²) in [5.74, 6) is -0.0341. The molecule has 126 valence electrons. The van der Waals surface area contributed by atoms with Crippen molar-refractivity contribution in [3.05, 3.63) is 36.2 Å². The van der Waals surface area contributed by atoms with Gasteiger partial charge in [0.1, 0.15) is 5.69 Å². The molecule has 0 radical (unpaired) electrons. The van der Waals surface area contributed by atoms with E-state index in [2.05, 4.69) is 14.9 Å². The van der Waals surface area contributed by atoms with E-state index in [9.17, 15) is 9.90 Å². The SMILES string of the molecule is O=C(c1cnc2ccccc2n1)N1CCC(N2CCC(O)C2)CC1. The third-order valence-electron chi connectivity index (χ3n) is 5.13. The fraction of sp³-hybridized carbons (Fsp3) is 0.500. The van der Waals surface area contributed by atoms with E-state index < -0.39 is 0 Å². The Morgan fingerprint density at radius 1 is 1.08 bits per heavy atom. The average molecular weight is 326 g/mol. The monoisotopic (exact) mass is 326 g/mol. The number of aromatic nitrogens is 2. The van der Waals surface area contributed by atoms with E-state index in [1.165, 1.54) is 0 Å². The summed E-state index contributed by atoms with van der Waals surface area (Å²) < 4.78 is 0. The number of para-hydroxylation sites is 2. The van der Waals surface area contributed by atoms with Gasteiger partial charge in [-0.25, -0.2) is 4.98 Å². The summed E-state index contributed by atoms with van der Waals surface area (Å²) in [6.45, 7) is 3.22. The second-order valence-electron chi connectivity index (χ2n) is 6.70. The fourth-order valence-corrected chi connectivity index (χ4v) is 3.76. The van der Waals surface area contributed by atoms with Gasteiger partial charge in [-0.2, -0.15) is 0 Å². The first-order valence-electron chi connectivity index (χ1n) is 8.64. The van der Waals surface area contributed by atoms with Crippen LogP contribution in [0.1, 0.15) is 29.8 Å². The van der Waals surface area contributed by atoms with Gasteiger partial charge in [0, 0.05) is 32.2 Å². The zero-order valence-corrected chi connectivity index (χ0v) is 13.6. The van der Waals surface area contributed by atoms with Gasteiger partial charge in [0.15, 0.2) is 0 Å². The Balaban J connectivity index is 1.42. The van der Waals surface area contributed by atoms with Gasteiger partial charge in [0.2, 0.25) is 0 Å². The van der Waals surface area contributed by atoms with Crippen molar-refractivity contribution in [2.45, 2.75) is 31.4 Å². The largest absolute Gasteiger partial charge is 0.392 e. The second-order valence-corrected chi connectivity index (χ2v) is 6.70. The van der Waals surface area contributed by atoms with E-state index in [-0.39, 0.29) is 12.0 Å². The number of piperidine rings is 1. The lowest BCUT2D eigenvalue weighted by Gasteiger charge is -2.36. The lowest BCUT2D eigenvalue weighted by Crippen LogP contribution is -2.46.